The first-order chi connectivity index (χ1) is 12.0. The Bertz CT molecular complexity index is 817. The van der Waals surface area contributed by atoms with E-state index in [4.69, 9.17) is 0 Å². The number of nitrogens with one attached hydrogen (secondary N) is 1. The molecule has 1 aliphatic heterocycles. The van der Waals surface area contributed by atoms with E-state index in [1.807, 2.05) is 30.3 Å². The Morgan fingerprint density at radius 3 is 2.32 bits per heavy atom. The van der Waals surface area contributed by atoms with Crippen molar-refractivity contribution in [2.24, 2.45) is 0 Å². The highest BCUT2D eigenvalue weighted by molar-refractivity contribution is 6.07. The standard InChI is InChI=1S/C19H18N2O4/c1-19(15-6-4-3-5-7-15)17(23)21(18(24)20-19)12-13-8-10-14(11-9-13)16(22)25-2/h3-11H,12H2,1-2H3,(H,20,24). The van der Waals surface area contributed by atoms with Gasteiger partial charge in [-0.25, -0.2) is 9.59 Å². The lowest BCUT2D eigenvalue weighted by Crippen LogP contribution is -2.40. The van der Waals surface area contributed by atoms with Gasteiger partial charge in [-0.2, -0.15) is 0 Å². The zero-order valence-electron chi connectivity index (χ0n) is 14.0. The molecule has 25 heavy (non-hydrogen) atoms. The smallest absolute Gasteiger partial charge is 0.337 e. The van der Waals surface area contributed by atoms with Crippen molar-refractivity contribution in [1.82, 2.24) is 10.2 Å². The summed E-state index contributed by atoms with van der Waals surface area (Å²) in [5.41, 5.74) is 0.813. The molecule has 0 aliphatic carbocycles. The largest absolute Gasteiger partial charge is 0.465 e. The number of carbonyl (C=O) groups is 3. The Morgan fingerprint density at radius 1 is 1.08 bits per heavy atom. The van der Waals surface area contributed by atoms with Gasteiger partial charge >= 0.3 is 12.0 Å². The summed E-state index contributed by atoms with van der Waals surface area (Å²) < 4.78 is 4.65. The maximum Gasteiger partial charge on any atom is 0.337 e. The lowest BCUT2D eigenvalue weighted by molar-refractivity contribution is -0.131. The molecule has 128 valence electrons. The van der Waals surface area contributed by atoms with Crippen LogP contribution < -0.4 is 5.32 Å². The second-order valence-corrected chi connectivity index (χ2v) is 6.00. The van der Waals surface area contributed by atoms with Crippen molar-refractivity contribution >= 4 is 17.9 Å². The fourth-order valence-corrected chi connectivity index (χ4v) is 2.85. The molecule has 1 fully saturated rings. The quantitative estimate of drug-likeness (QED) is 0.686. The summed E-state index contributed by atoms with van der Waals surface area (Å²) in [6.07, 6.45) is 0. The predicted octanol–water partition coefficient (Wildman–Crippen LogP) is 2.44. The van der Waals surface area contributed by atoms with E-state index < -0.39 is 17.5 Å². The SMILES string of the molecule is COC(=O)c1ccc(CN2C(=O)NC(C)(c3ccccc3)C2=O)cc1. The number of ether oxygens (including phenoxy) is 1. The van der Waals surface area contributed by atoms with Gasteiger partial charge in [-0.15, -0.1) is 0 Å². The Morgan fingerprint density at radius 2 is 1.72 bits per heavy atom. The molecule has 2 aromatic rings. The molecule has 1 unspecified atom stereocenters. The lowest BCUT2D eigenvalue weighted by atomic mass is 9.92. The van der Waals surface area contributed by atoms with E-state index in [2.05, 4.69) is 10.1 Å². The summed E-state index contributed by atoms with van der Waals surface area (Å²) in [6, 6.07) is 15.3. The highest BCUT2D eigenvalue weighted by Crippen LogP contribution is 2.29. The van der Waals surface area contributed by atoms with E-state index >= 15 is 0 Å². The number of nitrogens with zero attached hydrogens (tertiary/aromatic N) is 1. The summed E-state index contributed by atoms with van der Waals surface area (Å²) in [6.45, 7) is 1.83. The van der Waals surface area contributed by atoms with Crippen LogP contribution >= 0.6 is 0 Å². The normalized spacial score (nSPS) is 19.7. The minimum Gasteiger partial charge on any atom is -0.465 e. The van der Waals surface area contributed by atoms with E-state index in [1.165, 1.54) is 12.0 Å². The minimum atomic E-state index is -1.08. The van der Waals surface area contributed by atoms with Gasteiger partial charge in [0, 0.05) is 0 Å². The van der Waals surface area contributed by atoms with Gasteiger partial charge in [-0.3, -0.25) is 9.69 Å². The van der Waals surface area contributed by atoms with Crippen molar-refractivity contribution in [3.05, 3.63) is 71.3 Å². The van der Waals surface area contributed by atoms with Crippen molar-refractivity contribution in [1.29, 1.82) is 0 Å². The third-order valence-corrected chi connectivity index (χ3v) is 4.34. The Kier molecular flexibility index (Phi) is 4.27. The second kappa shape index (κ2) is 6.39. The average molecular weight is 338 g/mol. The second-order valence-electron chi connectivity index (χ2n) is 6.00. The van der Waals surface area contributed by atoms with Crippen molar-refractivity contribution in [3.63, 3.8) is 0 Å². The van der Waals surface area contributed by atoms with Crippen LogP contribution in [-0.4, -0.2) is 29.9 Å². The molecule has 0 saturated carbocycles. The summed E-state index contributed by atoms with van der Waals surface area (Å²) in [4.78, 5) is 37.8. The fraction of sp³-hybridized carbons (Fsp3) is 0.211. The molecule has 1 heterocycles. The van der Waals surface area contributed by atoms with Crippen LogP contribution in [0.3, 0.4) is 0 Å². The molecule has 1 atom stereocenters. The topological polar surface area (TPSA) is 75.7 Å². The van der Waals surface area contributed by atoms with Crippen LogP contribution in [0.2, 0.25) is 0 Å². The molecule has 0 radical (unpaired) electrons. The van der Waals surface area contributed by atoms with Gasteiger partial charge in [0.25, 0.3) is 5.91 Å². The molecule has 1 N–H and O–H groups in total. The maximum atomic E-state index is 12.8. The number of methoxy groups -OCH3 is 1. The van der Waals surface area contributed by atoms with Crippen molar-refractivity contribution < 1.29 is 19.1 Å². The van der Waals surface area contributed by atoms with Crippen molar-refractivity contribution in [2.75, 3.05) is 7.11 Å². The predicted molar refractivity (Wildman–Crippen MR) is 90.7 cm³/mol. The number of amides is 3. The van der Waals surface area contributed by atoms with Gasteiger partial charge in [0.15, 0.2) is 0 Å². The highest BCUT2D eigenvalue weighted by Gasteiger charge is 2.48. The van der Waals surface area contributed by atoms with Crippen LogP contribution in [0, 0.1) is 0 Å². The number of urea groups is 1. The summed E-state index contributed by atoms with van der Waals surface area (Å²) in [5, 5.41) is 2.77. The van der Waals surface area contributed by atoms with Gasteiger partial charge in [0.2, 0.25) is 0 Å². The monoisotopic (exact) mass is 338 g/mol. The van der Waals surface area contributed by atoms with Crippen molar-refractivity contribution in [2.45, 2.75) is 19.0 Å². The Balaban J connectivity index is 1.81. The molecular formula is C19H18N2O4. The number of imide groups is 1. The molecule has 1 saturated heterocycles. The molecule has 0 aromatic heterocycles. The van der Waals surface area contributed by atoms with E-state index in [0.717, 1.165) is 11.1 Å². The lowest BCUT2D eigenvalue weighted by Gasteiger charge is -2.22. The number of carbonyl (C=O) groups excluding carboxylic acids is 3. The summed E-state index contributed by atoms with van der Waals surface area (Å²) in [5.74, 6) is -0.737. The number of esters is 1. The molecule has 0 bridgehead atoms. The highest BCUT2D eigenvalue weighted by atomic mass is 16.5. The van der Waals surface area contributed by atoms with Crippen LogP contribution in [0.5, 0.6) is 0 Å². The van der Waals surface area contributed by atoms with E-state index in [1.54, 1.807) is 31.2 Å². The van der Waals surface area contributed by atoms with Crippen LogP contribution in [0.15, 0.2) is 54.6 Å². The van der Waals surface area contributed by atoms with Gasteiger partial charge in [0.05, 0.1) is 19.2 Å². The molecule has 2 aromatic carbocycles. The molecular weight excluding hydrogens is 320 g/mol. The molecule has 1 aliphatic rings. The molecule has 6 heteroatoms. The number of rotatable bonds is 4. The summed E-state index contributed by atoms with van der Waals surface area (Å²) >= 11 is 0. The molecule has 0 spiro atoms. The van der Waals surface area contributed by atoms with E-state index in [0.29, 0.717) is 5.56 Å². The van der Waals surface area contributed by atoms with Gasteiger partial charge in [0.1, 0.15) is 5.54 Å². The van der Waals surface area contributed by atoms with Gasteiger partial charge in [-0.05, 0) is 30.2 Å². The Labute approximate surface area is 145 Å². The van der Waals surface area contributed by atoms with E-state index in [-0.39, 0.29) is 12.5 Å². The zero-order valence-corrected chi connectivity index (χ0v) is 14.0. The first-order valence-electron chi connectivity index (χ1n) is 7.82. The third-order valence-electron chi connectivity index (χ3n) is 4.34. The van der Waals surface area contributed by atoms with Crippen LogP contribution in [0.4, 0.5) is 4.79 Å². The zero-order chi connectivity index (χ0) is 18.0. The van der Waals surface area contributed by atoms with Crippen molar-refractivity contribution in [3.8, 4) is 0 Å². The number of benzene rings is 2. The first-order valence-corrected chi connectivity index (χ1v) is 7.82. The van der Waals surface area contributed by atoms with Crippen LogP contribution in [0.25, 0.3) is 0 Å². The minimum absolute atomic E-state index is 0.133. The van der Waals surface area contributed by atoms with Gasteiger partial charge in [-0.1, -0.05) is 42.5 Å². The number of hydrogen-bond donors (Lipinski definition) is 1. The average Bonchev–Trinajstić information content (AvgIpc) is 2.86. The number of hydrogen-bond acceptors (Lipinski definition) is 4. The van der Waals surface area contributed by atoms with Gasteiger partial charge < -0.3 is 10.1 Å². The van der Waals surface area contributed by atoms with Crippen LogP contribution in [-0.2, 0) is 21.6 Å². The first kappa shape index (κ1) is 16.7. The third kappa shape index (κ3) is 2.98. The molecule has 3 rings (SSSR count). The maximum absolute atomic E-state index is 12.8. The fourth-order valence-electron chi connectivity index (χ4n) is 2.85. The van der Waals surface area contributed by atoms with E-state index in [9.17, 15) is 14.4 Å². The molecule has 6 nitrogen and oxygen atoms in total. The molecule has 3 amide bonds. The Hall–Kier alpha value is -3.15. The van der Waals surface area contributed by atoms with Crippen LogP contribution in [0.1, 0.15) is 28.4 Å². The summed E-state index contributed by atoms with van der Waals surface area (Å²) in [7, 11) is 1.31.